The molecule has 3 heterocycles. The summed E-state index contributed by atoms with van der Waals surface area (Å²) >= 11 is 0. The van der Waals surface area contributed by atoms with E-state index in [0.717, 1.165) is 0 Å². The monoisotopic (exact) mass is 854 g/mol. The highest BCUT2D eigenvalue weighted by molar-refractivity contribution is 6.93. The van der Waals surface area contributed by atoms with Crippen LogP contribution < -0.4 is 15.7 Å². The number of rotatable bonds is 3. The van der Waals surface area contributed by atoms with Gasteiger partial charge < -0.3 is 9.38 Å². The van der Waals surface area contributed by atoms with Crippen LogP contribution in [0.2, 0.25) is 0 Å². The highest BCUT2D eigenvalue weighted by Gasteiger charge is 2.48. The lowest BCUT2D eigenvalue weighted by Gasteiger charge is -2.47. The molecule has 0 spiro atoms. The number of hydrogen-bond donors (Lipinski definition) is 0. The third-order valence-electron chi connectivity index (χ3n) is 17.1. The van der Waals surface area contributed by atoms with Crippen LogP contribution in [0.15, 0.2) is 146 Å². The average molecular weight is 855 g/mol. The Balaban J connectivity index is 1.26. The first-order valence-corrected chi connectivity index (χ1v) is 24.5. The van der Waals surface area contributed by atoms with E-state index < -0.39 is 0 Å². The van der Waals surface area contributed by atoms with Gasteiger partial charge in [-0.25, -0.2) is 0 Å². The normalized spacial score (nSPS) is 18.0. The van der Waals surface area contributed by atoms with Gasteiger partial charge in [-0.05, 0) is 181 Å². The van der Waals surface area contributed by atoms with Crippen molar-refractivity contribution in [2.75, 3.05) is 4.81 Å². The molecule has 8 aromatic carbocycles. The van der Waals surface area contributed by atoms with Crippen molar-refractivity contribution in [1.29, 1.82) is 0 Å². The Bertz CT molecular complexity index is 3540. The van der Waals surface area contributed by atoms with Crippen LogP contribution in [0, 0.1) is 6.92 Å². The molecule has 324 valence electrons. The molecule has 0 unspecified atom stereocenters. The summed E-state index contributed by atoms with van der Waals surface area (Å²) < 4.78 is 2.73. The summed E-state index contributed by atoms with van der Waals surface area (Å²) in [5.74, 6) is 0. The summed E-state index contributed by atoms with van der Waals surface area (Å²) in [6.45, 7) is 22.1. The standard InChI is InChI=1S/C63H59BN2/c1-38-22-24-44(25-23-38)66-55-36-51-49(60(2,3)26-28-62(51,6)7)34-46(55)47-33-45(43-21-15-20-40(30-43)39-16-11-10-12-17-39)57-48-31-41-18-13-14-19-42(41)32-54(48)65-56-37-52-50(61(4,5)27-29-63(52,8)9)35-53(56)64(66)58(47)59(57)65/h10-25,30-37H,26-29H2,1-9H3. The van der Waals surface area contributed by atoms with Crippen molar-refractivity contribution in [1.82, 2.24) is 4.57 Å². The number of nitrogens with zero attached hydrogens (tertiary/aromatic N) is 2. The molecule has 0 saturated heterocycles. The first kappa shape index (κ1) is 40.0. The predicted molar refractivity (Wildman–Crippen MR) is 284 cm³/mol. The van der Waals surface area contributed by atoms with E-state index in [1.807, 2.05) is 0 Å². The van der Waals surface area contributed by atoms with E-state index in [-0.39, 0.29) is 28.5 Å². The van der Waals surface area contributed by atoms with Gasteiger partial charge in [-0.1, -0.05) is 152 Å². The van der Waals surface area contributed by atoms with Gasteiger partial charge in [0.05, 0.1) is 11.0 Å². The fourth-order valence-corrected chi connectivity index (χ4v) is 13.0. The molecule has 0 fully saturated rings. The highest BCUT2D eigenvalue weighted by atomic mass is 15.1. The molecule has 0 atom stereocenters. The molecule has 13 rings (SSSR count). The smallest absolute Gasteiger partial charge is 0.333 e. The van der Waals surface area contributed by atoms with E-state index >= 15 is 0 Å². The van der Waals surface area contributed by atoms with Crippen LogP contribution >= 0.6 is 0 Å². The van der Waals surface area contributed by atoms with E-state index in [1.165, 1.54) is 147 Å². The molecule has 1 aromatic heterocycles. The fraction of sp³-hybridized carbons (Fsp3) is 0.270. The summed E-state index contributed by atoms with van der Waals surface area (Å²) in [4.78, 5) is 2.77. The van der Waals surface area contributed by atoms with Gasteiger partial charge in [0, 0.05) is 33.4 Å². The SMILES string of the molecule is Cc1ccc(N2B3c4cc5c(cc4-n4c6cc7ccccc7cc6c6c(-c7cccc(-c8ccccc8)c7)cc(c3c64)-c3cc4c(cc32)C(C)(C)CCC4(C)C)C(C)(C)CCC5(C)C)cc1. The number of aromatic nitrogens is 1. The second-order valence-electron chi connectivity index (χ2n) is 23.1. The maximum Gasteiger partial charge on any atom is 0.333 e. The van der Waals surface area contributed by atoms with Crippen molar-refractivity contribution in [3.63, 3.8) is 0 Å². The number of anilines is 2. The molecule has 9 aromatic rings. The zero-order valence-electron chi connectivity index (χ0n) is 40.2. The summed E-state index contributed by atoms with van der Waals surface area (Å²) in [5.41, 5.74) is 24.6. The van der Waals surface area contributed by atoms with Crippen LogP contribution in [0.4, 0.5) is 11.4 Å². The topological polar surface area (TPSA) is 8.17 Å². The first-order valence-electron chi connectivity index (χ1n) is 24.5. The van der Waals surface area contributed by atoms with Gasteiger partial charge in [-0.2, -0.15) is 0 Å². The molecule has 3 heteroatoms. The molecule has 4 aliphatic rings. The molecular weight excluding hydrogens is 796 g/mol. The van der Waals surface area contributed by atoms with Crippen molar-refractivity contribution in [2.24, 2.45) is 0 Å². The first-order chi connectivity index (χ1) is 31.6. The number of benzene rings is 8. The number of aryl methyl sites for hydroxylation is 1. The van der Waals surface area contributed by atoms with E-state index in [2.05, 4.69) is 217 Å². The third kappa shape index (κ3) is 5.55. The molecule has 0 N–H and O–H groups in total. The van der Waals surface area contributed by atoms with Crippen molar-refractivity contribution in [2.45, 2.75) is 110 Å². The lowest BCUT2D eigenvalue weighted by molar-refractivity contribution is 0.332. The maximum absolute atomic E-state index is 2.77. The van der Waals surface area contributed by atoms with Crippen molar-refractivity contribution < 1.29 is 0 Å². The molecule has 0 radical (unpaired) electrons. The van der Waals surface area contributed by atoms with Gasteiger partial charge in [0.2, 0.25) is 0 Å². The van der Waals surface area contributed by atoms with Gasteiger partial charge >= 0.3 is 6.85 Å². The largest absolute Gasteiger partial charge is 0.376 e. The highest BCUT2D eigenvalue weighted by Crippen LogP contribution is 2.55. The van der Waals surface area contributed by atoms with E-state index in [9.17, 15) is 0 Å². The zero-order valence-corrected chi connectivity index (χ0v) is 40.2. The van der Waals surface area contributed by atoms with Crippen LogP contribution in [-0.2, 0) is 21.7 Å². The van der Waals surface area contributed by atoms with Crippen molar-refractivity contribution in [3.8, 4) is 39.1 Å². The number of fused-ring (bicyclic) bond motifs is 11. The number of hydrogen-bond acceptors (Lipinski definition) is 1. The molecule has 0 bridgehead atoms. The van der Waals surface area contributed by atoms with Crippen LogP contribution in [0.25, 0.3) is 71.6 Å². The average Bonchev–Trinajstić information content (AvgIpc) is 3.64. The molecule has 2 aliphatic heterocycles. The van der Waals surface area contributed by atoms with Crippen LogP contribution in [0.1, 0.15) is 109 Å². The van der Waals surface area contributed by atoms with Gasteiger partial charge in [-0.15, -0.1) is 0 Å². The second kappa shape index (κ2) is 13.4. The quantitative estimate of drug-likeness (QED) is 0.161. The Morgan fingerprint density at radius 2 is 1.02 bits per heavy atom. The van der Waals surface area contributed by atoms with Crippen LogP contribution in [-0.4, -0.2) is 11.4 Å². The van der Waals surface area contributed by atoms with Crippen molar-refractivity contribution in [3.05, 3.63) is 173 Å². The Kier molecular flexibility index (Phi) is 8.13. The summed E-state index contributed by atoms with van der Waals surface area (Å²) in [7, 11) is 0. The Morgan fingerprint density at radius 3 is 1.68 bits per heavy atom. The maximum atomic E-state index is 2.77. The summed E-state index contributed by atoms with van der Waals surface area (Å²) in [6, 6.07) is 56.9. The second-order valence-corrected chi connectivity index (χ2v) is 23.1. The third-order valence-corrected chi connectivity index (χ3v) is 17.1. The predicted octanol–water partition coefficient (Wildman–Crippen LogP) is 15.5. The van der Waals surface area contributed by atoms with Gasteiger partial charge in [-0.3, -0.25) is 0 Å². The molecule has 0 amide bonds. The van der Waals surface area contributed by atoms with Crippen LogP contribution in [0.3, 0.4) is 0 Å². The van der Waals surface area contributed by atoms with Gasteiger partial charge in [0.1, 0.15) is 0 Å². The lowest BCUT2D eigenvalue weighted by atomic mass is 9.43. The molecule has 2 nitrogen and oxygen atoms in total. The Hall–Kier alpha value is -6.32. The van der Waals surface area contributed by atoms with E-state index in [1.54, 1.807) is 0 Å². The minimum Gasteiger partial charge on any atom is -0.376 e. The fourth-order valence-electron chi connectivity index (χ4n) is 13.0. The molecular formula is C63H59BN2. The van der Waals surface area contributed by atoms with Crippen molar-refractivity contribution >= 4 is 61.7 Å². The van der Waals surface area contributed by atoms with Gasteiger partial charge in [0.15, 0.2) is 0 Å². The van der Waals surface area contributed by atoms with Crippen LogP contribution in [0.5, 0.6) is 0 Å². The lowest BCUT2D eigenvalue weighted by Crippen LogP contribution is -2.61. The molecule has 66 heavy (non-hydrogen) atoms. The van der Waals surface area contributed by atoms with E-state index in [0.29, 0.717) is 0 Å². The summed E-state index contributed by atoms with van der Waals surface area (Å²) in [6.07, 6.45) is 4.69. The van der Waals surface area contributed by atoms with Gasteiger partial charge in [0.25, 0.3) is 0 Å². The zero-order chi connectivity index (χ0) is 45.2. The minimum atomic E-state index is -0.0486. The Labute approximate surface area is 391 Å². The Morgan fingerprint density at radius 1 is 0.455 bits per heavy atom. The molecule has 2 aliphatic carbocycles. The molecule has 0 saturated carbocycles. The van der Waals surface area contributed by atoms with E-state index in [4.69, 9.17) is 0 Å². The summed E-state index contributed by atoms with van der Waals surface area (Å²) in [5, 5.41) is 5.21. The minimum absolute atomic E-state index is 0.0486.